The monoisotopic (exact) mass is 845 g/mol. The Hall–Kier alpha value is -1.40. The van der Waals surface area contributed by atoms with Crippen molar-refractivity contribution in [3.05, 3.63) is 36.7 Å². The predicted molar refractivity (Wildman–Crippen MR) is 166 cm³/mol. The second-order valence-electron chi connectivity index (χ2n) is 11.5. The minimum absolute atomic E-state index is 0. The summed E-state index contributed by atoms with van der Waals surface area (Å²) in [6, 6.07) is 8.11. The van der Waals surface area contributed by atoms with E-state index in [1.165, 1.54) is 5.69 Å². The molecule has 11 nitrogen and oxygen atoms in total. The van der Waals surface area contributed by atoms with E-state index in [2.05, 4.69) is 82.9 Å². The highest BCUT2D eigenvalue weighted by atomic mass is 127. The molecule has 0 aliphatic heterocycles. The maximum Gasteiger partial charge on any atom is 0.421 e. The van der Waals surface area contributed by atoms with Gasteiger partial charge in [-0.1, -0.05) is 5.11 Å². The molecule has 2 aromatic rings. The van der Waals surface area contributed by atoms with E-state index in [-0.39, 0.29) is 48.0 Å². The zero-order valence-corrected chi connectivity index (χ0v) is 32.6. The number of nitrogens with zero attached hydrogens (tertiary/aromatic N) is 7. The predicted octanol–water partition coefficient (Wildman–Crippen LogP) is -3.50. The van der Waals surface area contributed by atoms with Gasteiger partial charge in [0.2, 0.25) is 0 Å². The second-order valence-corrected chi connectivity index (χ2v) is 11.5. The first kappa shape index (κ1) is 44.7. The molecule has 2 unspecified atom stereocenters. The van der Waals surface area contributed by atoms with Crippen LogP contribution in [0.5, 0.6) is 0 Å². The molecule has 2 rings (SSSR count). The van der Waals surface area contributed by atoms with Gasteiger partial charge in [-0.2, -0.15) is 0 Å². The van der Waals surface area contributed by atoms with Crippen molar-refractivity contribution in [2.75, 3.05) is 71.4 Å². The minimum Gasteiger partial charge on any atom is -1.00 e. The molecule has 0 bridgehead atoms. The zero-order valence-electron chi connectivity index (χ0n) is 28.3. The summed E-state index contributed by atoms with van der Waals surface area (Å²) in [5, 5.41) is 40.0. The first-order valence-electron chi connectivity index (χ1n) is 15.3. The molecule has 0 aliphatic carbocycles. The molecule has 254 valence electrons. The zero-order chi connectivity index (χ0) is 31.9. The lowest BCUT2D eigenvalue weighted by Crippen LogP contribution is -3.00. The molecule has 2 atom stereocenters. The molecule has 0 amide bonds. The molecule has 1 aromatic heterocycles. The van der Waals surface area contributed by atoms with Crippen molar-refractivity contribution >= 4 is 23.3 Å². The van der Waals surface area contributed by atoms with Gasteiger partial charge in [0.25, 0.3) is 0 Å². The van der Waals surface area contributed by atoms with Gasteiger partial charge >= 0.3 is 5.95 Å². The average molecular weight is 846 g/mol. The van der Waals surface area contributed by atoms with Crippen LogP contribution in [-0.4, -0.2) is 108 Å². The van der Waals surface area contributed by atoms with Crippen LogP contribution in [-0.2, 0) is 17.9 Å². The van der Waals surface area contributed by atoms with Gasteiger partial charge in [0.05, 0.1) is 52.7 Å². The fraction of sp³-hybridized carbons (Fsp3) is 0.677. The van der Waals surface area contributed by atoms with Gasteiger partial charge in [-0.05, 0) is 72.7 Å². The summed E-state index contributed by atoms with van der Waals surface area (Å²) in [5.41, 5.74) is 1.93. The Morgan fingerprint density at radius 2 is 1.34 bits per heavy atom. The second kappa shape index (κ2) is 22.2. The number of rotatable bonds is 17. The summed E-state index contributed by atoms with van der Waals surface area (Å²) in [6.07, 6.45) is 2.83. The third kappa shape index (κ3) is 15.3. The molecular weight excluding hydrogens is 788 g/mol. The number of aliphatic carboxylic acids is 1. The van der Waals surface area contributed by atoms with Crippen LogP contribution in [0.15, 0.2) is 46.9 Å². The van der Waals surface area contributed by atoms with Crippen LogP contribution < -0.4 is 62.5 Å². The fourth-order valence-corrected chi connectivity index (χ4v) is 4.83. The average Bonchev–Trinajstić information content (AvgIpc) is 3.32. The van der Waals surface area contributed by atoms with Crippen LogP contribution in [0.25, 0.3) is 0 Å². The highest BCUT2D eigenvalue weighted by molar-refractivity contribution is 5.60. The van der Waals surface area contributed by atoms with E-state index in [0.717, 1.165) is 60.8 Å². The number of carbonyl (C=O) groups excluding carboxylic acids is 1. The normalized spacial score (nSPS) is 12.9. The van der Waals surface area contributed by atoms with Gasteiger partial charge in [-0.3, -0.25) is 0 Å². The minimum atomic E-state index is -1.08. The summed E-state index contributed by atoms with van der Waals surface area (Å²) in [6.45, 7) is 21.9. The van der Waals surface area contributed by atoms with Crippen LogP contribution in [0, 0.1) is 0 Å². The highest BCUT2D eigenvalue weighted by Gasteiger charge is 2.28. The number of imidazole rings is 1. The Morgan fingerprint density at radius 1 is 0.886 bits per heavy atom. The quantitative estimate of drug-likeness (QED) is 0.0743. The first-order chi connectivity index (χ1) is 19.8. The molecule has 0 fully saturated rings. The van der Waals surface area contributed by atoms with Gasteiger partial charge < -0.3 is 81.9 Å². The molecule has 1 aromatic carbocycles. The molecular formula is C31H57I2N7O4. The van der Waals surface area contributed by atoms with Crippen molar-refractivity contribution < 1.29 is 81.6 Å². The molecule has 13 heteroatoms. The Kier molecular flexibility index (Phi) is 22.5. The summed E-state index contributed by atoms with van der Waals surface area (Å²) < 4.78 is 5.52. The molecule has 0 radical (unpaired) electrons. The fourth-order valence-electron chi connectivity index (χ4n) is 4.83. The van der Waals surface area contributed by atoms with Gasteiger partial charge in [-0.25, -0.2) is 9.13 Å². The Bertz CT molecular complexity index is 1040. The number of benzene rings is 1. The maximum absolute atomic E-state index is 11.0. The lowest BCUT2D eigenvalue weighted by molar-refractivity contribution is -0.911. The van der Waals surface area contributed by atoms with Gasteiger partial charge in [0, 0.05) is 29.9 Å². The lowest BCUT2D eigenvalue weighted by atomic mass is 10.2. The third-order valence-corrected chi connectivity index (χ3v) is 8.35. The Balaban J connectivity index is 0. The van der Waals surface area contributed by atoms with E-state index in [1.54, 1.807) is 0 Å². The van der Waals surface area contributed by atoms with Crippen molar-refractivity contribution in [2.24, 2.45) is 10.2 Å². The summed E-state index contributed by atoms with van der Waals surface area (Å²) >= 11 is 0. The number of aliphatic hydroxyl groups excluding tert-OH is 2. The largest absolute Gasteiger partial charge is 1.00 e. The molecule has 0 spiro atoms. The van der Waals surface area contributed by atoms with E-state index in [1.807, 2.05) is 33.7 Å². The number of aliphatic hydroxyl groups is 2. The number of carbonyl (C=O) groups is 1. The number of hydrogen-bond acceptors (Lipinski definition) is 7. The molecule has 0 aliphatic rings. The summed E-state index contributed by atoms with van der Waals surface area (Å²) in [7, 11) is 4.35. The smallest absolute Gasteiger partial charge is 0.421 e. The third-order valence-electron chi connectivity index (χ3n) is 8.35. The Labute approximate surface area is 299 Å². The maximum atomic E-state index is 11.0. The van der Waals surface area contributed by atoms with Gasteiger partial charge in [0.1, 0.15) is 44.1 Å². The van der Waals surface area contributed by atoms with Crippen molar-refractivity contribution in [1.82, 2.24) is 4.57 Å². The lowest BCUT2D eigenvalue weighted by Gasteiger charge is -2.33. The van der Waals surface area contributed by atoms with Crippen molar-refractivity contribution in [3.63, 3.8) is 0 Å². The number of carboxylic acids is 1. The molecule has 2 N–H and O–H groups in total. The molecule has 0 saturated heterocycles. The Morgan fingerprint density at radius 3 is 1.77 bits per heavy atom. The number of likely N-dealkylation sites (N-methyl/N-ethyl adjacent to an activating group) is 2. The first-order valence-corrected chi connectivity index (χ1v) is 15.3. The van der Waals surface area contributed by atoms with Crippen LogP contribution in [0.3, 0.4) is 0 Å². The topological polar surface area (TPSA) is 117 Å². The summed E-state index contributed by atoms with van der Waals surface area (Å²) in [5.74, 6) is -0.458. The molecule has 0 saturated carbocycles. The number of halogens is 2. The van der Waals surface area contributed by atoms with E-state index in [0.29, 0.717) is 32.1 Å². The van der Waals surface area contributed by atoms with Crippen LogP contribution >= 0.6 is 0 Å². The van der Waals surface area contributed by atoms with Crippen molar-refractivity contribution in [1.29, 1.82) is 0 Å². The van der Waals surface area contributed by atoms with Gasteiger partial charge in [-0.15, -0.1) is 0 Å². The van der Waals surface area contributed by atoms with E-state index in [9.17, 15) is 10.2 Å². The number of aromatic nitrogens is 2. The number of hydrogen-bond donors (Lipinski definition) is 2. The molecule has 1 heterocycles. The van der Waals surface area contributed by atoms with Gasteiger partial charge in [0.15, 0.2) is 0 Å². The van der Waals surface area contributed by atoms with E-state index >= 15 is 0 Å². The van der Waals surface area contributed by atoms with Crippen LogP contribution in [0.4, 0.5) is 17.3 Å². The van der Waals surface area contributed by atoms with Crippen LogP contribution in [0.2, 0.25) is 0 Å². The van der Waals surface area contributed by atoms with E-state index in [4.69, 9.17) is 9.90 Å². The van der Waals surface area contributed by atoms with Crippen molar-refractivity contribution in [2.45, 2.75) is 73.8 Å². The standard InChI is InChI=1S/C29H54N7O2.C2H4O2.2HI/c1-9-32(10-2)26-17-15-25(16-18-26)30-31-29-33(21-27(37)23-35(7,11-3)12-4)19-20-34(29)22-28(38)24-36(8,13-5)14-6;1-2(3)4;;/h15-20,27-28,37-38H,9-14,21-24H2,1-8H3;1H3,(H,3,4);2*1H/q+3;;;/p-3. The molecule has 44 heavy (non-hydrogen) atoms. The van der Waals surface area contributed by atoms with E-state index < -0.39 is 18.2 Å². The number of anilines is 1. The number of quaternary nitrogens is 2. The van der Waals surface area contributed by atoms with Crippen LogP contribution in [0.1, 0.15) is 48.5 Å². The summed E-state index contributed by atoms with van der Waals surface area (Å²) in [4.78, 5) is 11.2. The highest BCUT2D eigenvalue weighted by Crippen LogP contribution is 2.22. The van der Waals surface area contributed by atoms with Crippen molar-refractivity contribution in [3.8, 4) is 0 Å². The number of carboxylic acid groups (broad SMARTS) is 1. The number of azo groups is 1. The SMILES string of the molecule is CC(=O)[O-].CCN(CC)c1ccc(N=Nc2n(CC(O)C[N+](C)(CC)CC)cc[n+]2CC(O)C[N+](C)(CC)CC)cc1.[I-].[I-].